The summed E-state index contributed by atoms with van der Waals surface area (Å²) in [6.07, 6.45) is 0.725. The van der Waals surface area contributed by atoms with E-state index in [2.05, 4.69) is 0 Å². The first-order valence-corrected chi connectivity index (χ1v) is 9.29. The average Bonchev–Trinajstić information content (AvgIpc) is 2.69. The minimum absolute atomic E-state index is 0.0499. The van der Waals surface area contributed by atoms with E-state index in [-0.39, 0.29) is 23.4 Å². The van der Waals surface area contributed by atoms with E-state index in [1.807, 2.05) is 31.2 Å². The second-order valence-corrected chi connectivity index (χ2v) is 7.08. The highest BCUT2D eigenvalue weighted by Crippen LogP contribution is 2.24. The van der Waals surface area contributed by atoms with Crippen molar-refractivity contribution in [1.82, 2.24) is 4.90 Å². The monoisotopic (exact) mass is 367 g/mol. The molecule has 27 heavy (non-hydrogen) atoms. The molecule has 1 amide bonds. The largest absolute Gasteiger partial charge is 0.508 e. The Hall–Kier alpha value is -2.82. The summed E-state index contributed by atoms with van der Waals surface area (Å²) in [5.41, 5.74) is 1.75. The minimum atomic E-state index is -0.558. The number of benzene rings is 2. The Labute approximate surface area is 159 Å². The van der Waals surface area contributed by atoms with Gasteiger partial charge in [0.15, 0.2) is 11.9 Å². The lowest BCUT2D eigenvalue weighted by molar-refractivity contribution is -0.139. The summed E-state index contributed by atoms with van der Waals surface area (Å²) in [6, 6.07) is 14.0. The molecular weight excluding hydrogens is 342 g/mol. The molecule has 1 fully saturated rings. The molecule has 1 N–H and O–H groups in total. The van der Waals surface area contributed by atoms with Gasteiger partial charge in [-0.2, -0.15) is 0 Å². The zero-order chi connectivity index (χ0) is 19.4. The predicted molar refractivity (Wildman–Crippen MR) is 103 cm³/mol. The van der Waals surface area contributed by atoms with Crippen LogP contribution < -0.4 is 4.74 Å². The van der Waals surface area contributed by atoms with Crippen molar-refractivity contribution in [2.24, 2.45) is 5.92 Å². The molecule has 2 aromatic carbocycles. The van der Waals surface area contributed by atoms with Crippen molar-refractivity contribution >= 4 is 11.7 Å². The van der Waals surface area contributed by atoms with Crippen molar-refractivity contribution in [2.45, 2.75) is 32.8 Å². The number of phenolic OH excluding ortho intramolecular Hbond substituents is 1. The van der Waals surface area contributed by atoms with Crippen molar-refractivity contribution < 1.29 is 19.4 Å². The number of piperidine rings is 1. The Bertz CT molecular complexity index is 790. The molecule has 1 aliphatic rings. The number of rotatable bonds is 5. The number of carbonyl (C=O) groups is 2. The van der Waals surface area contributed by atoms with Gasteiger partial charge in [0.05, 0.1) is 0 Å². The quantitative estimate of drug-likeness (QED) is 0.820. The number of amides is 1. The van der Waals surface area contributed by atoms with Crippen LogP contribution in [0.4, 0.5) is 0 Å². The molecular formula is C22H25NO4. The fourth-order valence-corrected chi connectivity index (χ4v) is 3.35. The van der Waals surface area contributed by atoms with E-state index in [1.54, 1.807) is 24.0 Å². The number of likely N-dealkylation sites (tertiary alicyclic amines) is 1. The standard InChI is InChI=1S/C22H25NO4/c1-15-3-9-20(10-4-15)27-16(2)22(26)23-13-11-18(12-14-23)21(25)17-5-7-19(24)8-6-17/h3-10,16,18,24H,11-14H2,1-2H3/t16-/m1/s1. The molecule has 3 rings (SSSR count). The Morgan fingerprint density at radius 3 is 2.22 bits per heavy atom. The van der Waals surface area contributed by atoms with Gasteiger partial charge in [-0.25, -0.2) is 0 Å². The number of nitrogens with zero attached hydrogens (tertiary/aromatic N) is 1. The maximum atomic E-state index is 12.6. The molecule has 0 saturated carbocycles. The van der Waals surface area contributed by atoms with Gasteiger partial charge in [0.25, 0.3) is 5.91 Å². The van der Waals surface area contributed by atoms with Crippen LogP contribution in [-0.2, 0) is 4.79 Å². The third-order valence-electron chi connectivity index (χ3n) is 5.01. The van der Waals surface area contributed by atoms with Gasteiger partial charge in [-0.3, -0.25) is 9.59 Å². The molecule has 0 radical (unpaired) electrons. The molecule has 0 unspecified atom stereocenters. The zero-order valence-corrected chi connectivity index (χ0v) is 15.7. The van der Waals surface area contributed by atoms with Crippen LogP contribution in [0, 0.1) is 12.8 Å². The van der Waals surface area contributed by atoms with Crippen LogP contribution in [0.15, 0.2) is 48.5 Å². The van der Waals surface area contributed by atoms with Crippen molar-refractivity contribution in [3.8, 4) is 11.5 Å². The second-order valence-electron chi connectivity index (χ2n) is 7.08. The number of phenols is 1. The normalized spacial score (nSPS) is 16.0. The molecule has 1 aliphatic heterocycles. The maximum absolute atomic E-state index is 12.6. The number of Topliss-reactive ketones (excluding diaryl/α,β-unsaturated/α-hetero) is 1. The highest BCUT2D eigenvalue weighted by Gasteiger charge is 2.30. The summed E-state index contributed by atoms with van der Waals surface area (Å²) in [5, 5.41) is 9.35. The zero-order valence-electron chi connectivity index (χ0n) is 15.7. The van der Waals surface area contributed by atoms with Gasteiger partial charge in [-0.15, -0.1) is 0 Å². The molecule has 5 heteroatoms. The van der Waals surface area contributed by atoms with E-state index in [1.165, 1.54) is 12.1 Å². The minimum Gasteiger partial charge on any atom is -0.508 e. The molecule has 1 heterocycles. The van der Waals surface area contributed by atoms with Gasteiger partial charge >= 0.3 is 0 Å². The van der Waals surface area contributed by atoms with Gasteiger partial charge < -0.3 is 14.7 Å². The smallest absolute Gasteiger partial charge is 0.263 e. The molecule has 0 bridgehead atoms. The van der Waals surface area contributed by atoms with Crippen LogP contribution in [-0.4, -0.2) is 40.9 Å². The van der Waals surface area contributed by atoms with Crippen molar-refractivity contribution in [3.63, 3.8) is 0 Å². The van der Waals surface area contributed by atoms with Crippen molar-refractivity contribution in [2.75, 3.05) is 13.1 Å². The Balaban J connectivity index is 1.53. The third-order valence-corrected chi connectivity index (χ3v) is 5.01. The molecule has 5 nitrogen and oxygen atoms in total. The number of hydrogen-bond donors (Lipinski definition) is 1. The van der Waals surface area contributed by atoms with Crippen LogP contribution in [0.25, 0.3) is 0 Å². The summed E-state index contributed by atoms with van der Waals surface area (Å²) in [4.78, 5) is 27.0. The van der Waals surface area contributed by atoms with Gasteiger partial charge in [-0.1, -0.05) is 17.7 Å². The van der Waals surface area contributed by atoms with Crippen LogP contribution in [0.3, 0.4) is 0 Å². The average molecular weight is 367 g/mol. The number of ether oxygens (including phenoxy) is 1. The summed E-state index contributed by atoms with van der Waals surface area (Å²) in [7, 11) is 0. The van der Waals surface area contributed by atoms with Crippen LogP contribution in [0.5, 0.6) is 11.5 Å². The molecule has 1 atom stereocenters. The van der Waals surface area contributed by atoms with E-state index in [9.17, 15) is 14.7 Å². The van der Waals surface area contributed by atoms with Crippen LogP contribution >= 0.6 is 0 Å². The number of aryl methyl sites for hydroxylation is 1. The molecule has 142 valence electrons. The summed E-state index contributed by atoms with van der Waals surface area (Å²) in [5.74, 6) is 0.762. The van der Waals surface area contributed by atoms with E-state index < -0.39 is 6.10 Å². The van der Waals surface area contributed by atoms with Gasteiger partial charge in [0, 0.05) is 24.6 Å². The number of hydrogen-bond acceptors (Lipinski definition) is 4. The number of carbonyl (C=O) groups excluding carboxylic acids is 2. The second kappa shape index (κ2) is 8.25. The maximum Gasteiger partial charge on any atom is 0.263 e. The van der Waals surface area contributed by atoms with Crippen molar-refractivity contribution in [3.05, 3.63) is 59.7 Å². The van der Waals surface area contributed by atoms with E-state index >= 15 is 0 Å². The topological polar surface area (TPSA) is 66.8 Å². The predicted octanol–water partition coefficient (Wildman–Crippen LogP) is 3.59. The number of aromatic hydroxyl groups is 1. The summed E-state index contributed by atoms with van der Waals surface area (Å²) < 4.78 is 5.76. The molecule has 0 aromatic heterocycles. The molecule has 1 saturated heterocycles. The Morgan fingerprint density at radius 1 is 1.04 bits per heavy atom. The lowest BCUT2D eigenvalue weighted by Gasteiger charge is -2.33. The van der Waals surface area contributed by atoms with E-state index in [0.29, 0.717) is 37.2 Å². The fraction of sp³-hybridized carbons (Fsp3) is 0.364. The van der Waals surface area contributed by atoms with E-state index in [0.717, 1.165) is 5.56 Å². The molecule has 2 aromatic rings. The lowest BCUT2D eigenvalue weighted by Crippen LogP contribution is -2.45. The highest BCUT2D eigenvalue weighted by molar-refractivity contribution is 5.98. The van der Waals surface area contributed by atoms with Gasteiger partial charge in [-0.05, 0) is 63.1 Å². The Kier molecular flexibility index (Phi) is 5.79. The number of ketones is 1. The first kappa shape index (κ1) is 19.0. The van der Waals surface area contributed by atoms with E-state index in [4.69, 9.17) is 4.74 Å². The van der Waals surface area contributed by atoms with Crippen molar-refractivity contribution in [1.29, 1.82) is 0 Å². The summed E-state index contributed by atoms with van der Waals surface area (Å²) >= 11 is 0. The first-order valence-electron chi connectivity index (χ1n) is 9.29. The molecule has 0 aliphatic carbocycles. The molecule has 0 spiro atoms. The highest BCUT2D eigenvalue weighted by atomic mass is 16.5. The summed E-state index contributed by atoms with van der Waals surface area (Å²) in [6.45, 7) is 4.86. The van der Waals surface area contributed by atoms with Crippen LogP contribution in [0.1, 0.15) is 35.7 Å². The fourth-order valence-electron chi connectivity index (χ4n) is 3.35. The Morgan fingerprint density at radius 2 is 1.63 bits per heavy atom. The van der Waals surface area contributed by atoms with Gasteiger partial charge in [0.2, 0.25) is 0 Å². The van der Waals surface area contributed by atoms with Gasteiger partial charge in [0.1, 0.15) is 11.5 Å². The van der Waals surface area contributed by atoms with Crippen LogP contribution in [0.2, 0.25) is 0 Å². The lowest BCUT2D eigenvalue weighted by atomic mass is 9.88. The third kappa shape index (κ3) is 4.67. The first-order chi connectivity index (χ1) is 12.9. The SMILES string of the molecule is Cc1ccc(O[C@H](C)C(=O)N2CCC(C(=O)c3ccc(O)cc3)CC2)cc1.